The molecule has 0 fully saturated rings. The third kappa shape index (κ3) is 2.72. The largest absolute Gasteiger partial charge is 0.481 e. The van der Waals surface area contributed by atoms with Crippen LogP contribution < -0.4 is 10.1 Å². The highest BCUT2D eigenvalue weighted by Gasteiger charge is 2.10. The number of nitrogens with one attached hydrogen (secondary N) is 1. The predicted octanol–water partition coefficient (Wildman–Crippen LogP) is 2.66. The van der Waals surface area contributed by atoms with Gasteiger partial charge in [0, 0.05) is 19.4 Å². The third-order valence-electron chi connectivity index (χ3n) is 2.46. The van der Waals surface area contributed by atoms with Crippen LogP contribution in [0.2, 0.25) is 0 Å². The van der Waals surface area contributed by atoms with Crippen LogP contribution in [-0.4, -0.2) is 17.0 Å². The van der Waals surface area contributed by atoms with E-state index in [1.165, 1.54) is 0 Å². The minimum Gasteiger partial charge on any atom is -0.481 e. The first-order valence-corrected chi connectivity index (χ1v) is 5.50. The summed E-state index contributed by atoms with van der Waals surface area (Å²) in [6.07, 6.45) is 5.08. The maximum Gasteiger partial charge on any atom is 0.161 e. The van der Waals surface area contributed by atoms with E-state index >= 15 is 0 Å². The smallest absolute Gasteiger partial charge is 0.161 e. The van der Waals surface area contributed by atoms with Gasteiger partial charge in [0.15, 0.2) is 5.75 Å². The van der Waals surface area contributed by atoms with E-state index in [0.29, 0.717) is 0 Å². The standard InChI is InChI=1S/C13H15N3O/c1-10(11-5-3-4-7-16-11)17-13-9-15-8-6-12(13)14-2/h3-10H,1-2H3,(H,14,15)/t10-/m1/s1. The molecule has 17 heavy (non-hydrogen) atoms. The maximum absolute atomic E-state index is 5.83. The van der Waals surface area contributed by atoms with Crippen LogP contribution in [0.3, 0.4) is 0 Å². The lowest BCUT2D eigenvalue weighted by Gasteiger charge is -2.16. The van der Waals surface area contributed by atoms with Gasteiger partial charge in [-0.25, -0.2) is 0 Å². The van der Waals surface area contributed by atoms with E-state index in [0.717, 1.165) is 17.1 Å². The average molecular weight is 229 g/mol. The quantitative estimate of drug-likeness (QED) is 0.875. The van der Waals surface area contributed by atoms with Gasteiger partial charge in [0.25, 0.3) is 0 Å². The van der Waals surface area contributed by atoms with Crippen molar-refractivity contribution in [1.29, 1.82) is 0 Å². The third-order valence-corrected chi connectivity index (χ3v) is 2.46. The first-order chi connectivity index (χ1) is 8.31. The zero-order valence-corrected chi connectivity index (χ0v) is 9.92. The summed E-state index contributed by atoms with van der Waals surface area (Å²) in [7, 11) is 1.85. The molecule has 0 aliphatic carbocycles. The Morgan fingerprint density at radius 1 is 1.24 bits per heavy atom. The highest BCUT2D eigenvalue weighted by atomic mass is 16.5. The summed E-state index contributed by atoms with van der Waals surface area (Å²) < 4.78 is 5.83. The fourth-order valence-electron chi connectivity index (χ4n) is 1.55. The van der Waals surface area contributed by atoms with Gasteiger partial charge in [-0.05, 0) is 25.1 Å². The van der Waals surface area contributed by atoms with Crippen LogP contribution in [0.25, 0.3) is 0 Å². The molecule has 0 aliphatic heterocycles. The molecule has 0 saturated heterocycles. The first-order valence-electron chi connectivity index (χ1n) is 5.50. The molecular formula is C13H15N3O. The average Bonchev–Trinajstić information content (AvgIpc) is 2.40. The minimum atomic E-state index is -0.104. The molecule has 88 valence electrons. The molecular weight excluding hydrogens is 214 g/mol. The zero-order valence-electron chi connectivity index (χ0n) is 9.92. The molecule has 2 heterocycles. The predicted molar refractivity (Wildman–Crippen MR) is 67.1 cm³/mol. The summed E-state index contributed by atoms with van der Waals surface area (Å²) in [5, 5.41) is 3.07. The van der Waals surface area contributed by atoms with Gasteiger partial charge in [-0.2, -0.15) is 0 Å². The Hall–Kier alpha value is -2.10. The second-order valence-corrected chi connectivity index (χ2v) is 3.64. The molecule has 2 rings (SSSR count). The molecule has 0 saturated carbocycles. The second-order valence-electron chi connectivity index (χ2n) is 3.64. The molecule has 0 spiro atoms. The molecule has 1 atom stereocenters. The monoisotopic (exact) mass is 229 g/mol. The summed E-state index contributed by atoms with van der Waals surface area (Å²) in [6, 6.07) is 7.66. The molecule has 4 heteroatoms. The van der Waals surface area contributed by atoms with E-state index in [1.54, 1.807) is 18.6 Å². The van der Waals surface area contributed by atoms with Crippen LogP contribution in [0.15, 0.2) is 42.9 Å². The van der Waals surface area contributed by atoms with Crippen LogP contribution in [0, 0.1) is 0 Å². The highest BCUT2D eigenvalue weighted by molar-refractivity contribution is 5.54. The molecule has 0 unspecified atom stereocenters. The van der Waals surface area contributed by atoms with Gasteiger partial charge >= 0.3 is 0 Å². The summed E-state index contributed by atoms with van der Waals surface area (Å²) >= 11 is 0. The molecule has 1 N–H and O–H groups in total. The molecule has 0 radical (unpaired) electrons. The fourth-order valence-corrected chi connectivity index (χ4v) is 1.55. The Morgan fingerprint density at radius 2 is 2.12 bits per heavy atom. The number of hydrogen-bond donors (Lipinski definition) is 1. The Morgan fingerprint density at radius 3 is 2.82 bits per heavy atom. The van der Waals surface area contributed by atoms with Gasteiger partial charge in [0.2, 0.25) is 0 Å². The number of pyridine rings is 2. The van der Waals surface area contributed by atoms with E-state index < -0.39 is 0 Å². The van der Waals surface area contributed by atoms with Crippen molar-refractivity contribution in [2.24, 2.45) is 0 Å². The van der Waals surface area contributed by atoms with Crippen LogP contribution in [0.5, 0.6) is 5.75 Å². The van der Waals surface area contributed by atoms with Gasteiger partial charge in [0.05, 0.1) is 17.6 Å². The SMILES string of the molecule is CNc1ccncc1O[C@H](C)c1ccccn1. The molecule has 2 aromatic rings. The number of ether oxygens (including phenoxy) is 1. The number of aromatic nitrogens is 2. The number of rotatable bonds is 4. The van der Waals surface area contributed by atoms with Crippen molar-refractivity contribution in [3.8, 4) is 5.75 Å². The van der Waals surface area contributed by atoms with Crippen LogP contribution >= 0.6 is 0 Å². The first kappa shape index (κ1) is 11.4. The minimum absolute atomic E-state index is 0.104. The van der Waals surface area contributed by atoms with Crippen molar-refractivity contribution in [2.75, 3.05) is 12.4 Å². The lowest BCUT2D eigenvalue weighted by molar-refractivity contribution is 0.222. The lowest BCUT2D eigenvalue weighted by atomic mass is 10.2. The summed E-state index contributed by atoms with van der Waals surface area (Å²) in [5.41, 5.74) is 1.82. The van der Waals surface area contributed by atoms with Gasteiger partial charge in [-0.3, -0.25) is 9.97 Å². The van der Waals surface area contributed by atoms with Gasteiger partial charge in [-0.15, -0.1) is 0 Å². The summed E-state index contributed by atoms with van der Waals surface area (Å²) in [6.45, 7) is 1.97. The van der Waals surface area contributed by atoms with Crippen molar-refractivity contribution in [1.82, 2.24) is 9.97 Å². The fraction of sp³-hybridized carbons (Fsp3) is 0.231. The molecule has 2 aromatic heterocycles. The van der Waals surface area contributed by atoms with Gasteiger partial charge in [0.1, 0.15) is 6.10 Å². The Kier molecular flexibility index (Phi) is 3.55. The van der Waals surface area contributed by atoms with Crippen LogP contribution in [-0.2, 0) is 0 Å². The van der Waals surface area contributed by atoms with Gasteiger partial charge in [-0.1, -0.05) is 6.07 Å². The maximum atomic E-state index is 5.83. The van der Waals surface area contributed by atoms with Crippen molar-refractivity contribution in [2.45, 2.75) is 13.0 Å². The molecule has 0 aliphatic rings. The van der Waals surface area contributed by atoms with E-state index in [2.05, 4.69) is 15.3 Å². The van der Waals surface area contributed by atoms with Crippen molar-refractivity contribution < 1.29 is 4.74 Å². The summed E-state index contributed by atoms with van der Waals surface area (Å²) in [5.74, 6) is 0.730. The van der Waals surface area contributed by atoms with E-state index in [1.807, 2.05) is 38.2 Å². The van der Waals surface area contributed by atoms with E-state index in [4.69, 9.17) is 4.74 Å². The van der Waals surface area contributed by atoms with E-state index in [9.17, 15) is 0 Å². The lowest BCUT2D eigenvalue weighted by Crippen LogP contribution is -2.06. The van der Waals surface area contributed by atoms with Crippen LogP contribution in [0.1, 0.15) is 18.7 Å². The Balaban J connectivity index is 2.16. The number of anilines is 1. The van der Waals surface area contributed by atoms with Crippen LogP contribution in [0.4, 0.5) is 5.69 Å². The normalized spacial score (nSPS) is 11.9. The zero-order chi connectivity index (χ0) is 12.1. The molecule has 0 aromatic carbocycles. The van der Waals surface area contributed by atoms with Crippen molar-refractivity contribution >= 4 is 5.69 Å². The highest BCUT2D eigenvalue weighted by Crippen LogP contribution is 2.26. The van der Waals surface area contributed by atoms with Gasteiger partial charge < -0.3 is 10.1 Å². The molecule has 4 nitrogen and oxygen atoms in total. The summed E-state index contributed by atoms with van der Waals surface area (Å²) in [4.78, 5) is 8.32. The topological polar surface area (TPSA) is 47.0 Å². The second kappa shape index (κ2) is 5.30. The number of nitrogens with zero attached hydrogens (tertiary/aromatic N) is 2. The van der Waals surface area contributed by atoms with Crippen molar-refractivity contribution in [3.05, 3.63) is 48.5 Å². The Bertz CT molecular complexity index is 473. The van der Waals surface area contributed by atoms with Crippen molar-refractivity contribution in [3.63, 3.8) is 0 Å². The molecule has 0 bridgehead atoms. The number of hydrogen-bond acceptors (Lipinski definition) is 4. The van der Waals surface area contributed by atoms with E-state index in [-0.39, 0.29) is 6.10 Å². The Labute approximate surface area is 101 Å². The molecule has 0 amide bonds.